The molecule has 0 bridgehead atoms. The monoisotopic (exact) mass is 213 g/mol. The van der Waals surface area contributed by atoms with Gasteiger partial charge in [-0.05, 0) is 47.4 Å². The first-order valence-corrected chi connectivity index (χ1v) is 6.17. The van der Waals surface area contributed by atoms with Crippen molar-refractivity contribution in [3.63, 3.8) is 0 Å². The van der Waals surface area contributed by atoms with E-state index in [1.54, 1.807) is 0 Å². The first kappa shape index (κ1) is 9.95. The number of nitrogens with zero attached hydrogens (tertiary/aromatic N) is 1. The van der Waals surface area contributed by atoms with Crippen LogP contribution in [0.15, 0.2) is 30.5 Å². The third kappa shape index (κ3) is 1.55. The van der Waals surface area contributed by atoms with Crippen molar-refractivity contribution in [3.05, 3.63) is 36.0 Å². The smallest absolute Gasteiger partial charge is 0.0483 e. The lowest BCUT2D eigenvalue weighted by molar-refractivity contribution is 0.591. The molecule has 1 aromatic heterocycles. The molecule has 3 rings (SSSR count). The zero-order valence-corrected chi connectivity index (χ0v) is 10.3. The van der Waals surface area contributed by atoms with Crippen LogP contribution in [0.4, 0.5) is 0 Å². The predicted molar refractivity (Wildman–Crippen MR) is 68.9 cm³/mol. The van der Waals surface area contributed by atoms with Gasteiger partial charge in [-0.1, -0.05) is 26.8 Å². The molecule has 0 atom stereocenters. The summed E-state index contributed by atoms with van der Waals surface area (Å²) in [5.41, 5.74) is 3.07. The van der Waals surface area contributed by atoms with Gasteiger partial charge in [0, 0.05) is 17.8 Å². The van der Waals surface area contributed by atoms with Gasteiger partial charge in [-0.25, -0.2) is 0 Å². The maximum absolute atomic E-state index is 2.43. The molecule has 1 nitrogen and oxygen atoms in total. The summed E-state index contributed by atoms with van der Waals surface area (Å²) in [6.45, 7) is 6.81. The van der Waals surface area contributed by atoms with Gasteiger partial charge < -0.3 is 4.57 Å². The summed E-state index contributed by atoms with van der Waals surface area (Å²) < 4.78 is 2.43. The summed E-state index contributed by atoms with van der Waals surface area (Å²) >= 11 is 0. The van der Waals surface area contributed by atoms with Crippen LogP contribution in [-0.4, -0.2) is 4.57 Å². The Balaban J connectivity index is 2.13. The highest BCUT2D eigenvalue weighted by molar-refractivity contribution is 5.81. The molecule has 0 amide bonds. The van der Waals surface area contributed by atoms with Gasteiger partial charge in [-0.2, -0.15) is 0 Å². The minimum absolute atomic E-state index is 0.246. The van der Waals surface area contributed by atoms with Crippen molar-refractivity contribution in [1.82, 2.24) is 4.57 Å². The molecule has 16 heavy (non-hydrogen) atoms. The minimum atomic E-state index is 0.246. The van der Waals surface area contributed by atoms with E-state index in [9.17, 15) is 0 Å². The van der Waals surface area contributed by atoms with Crippen molar-refractivity contribution >= 4 is 10.9 Å². The SMILES string of the molecule is CC(C)(C)c1ccc2c(ccn2C2CC2)c1. The molecule has 1 heteroatoms. The van der Waals surface area contributed by atoms with Crippen LogP contribution in [0.3, 0.4) is 0 Å². The molecule has 0 spiro atoms. The third-order valence-corrected chi connectivity index (χ3v) is 3.53. The summed E-state index contributed by atoms with van der Waals surface area (Å²) in [6.07, 6.45) is 4.95. The Labute approximate surface area is 97.1 Å². The fraction of sp³-hybridized carbons (Fsp3) is 0.467. The first-order valence-electron chi connectivity index (χ1n) is 6.17. The van der Waals surface area contributed by atoms with Gasteiger partial charge in [0.1, 0.15) is 0 Å². The maximum atomic E-state index is 2.43. The number of hydrogen-bond donors (Lipinski definition) is 0. The Kier molecular flexibility index (Phi) is 1.95. The predicted octanol–water partition coefficient (Wildman–Crippen LogP) is 4.27. The molecule has 84 valence electrons. The van der Waals surface area contributed by atoms with Gasteiger partial charge in [-0.15, -0.1) is 0 Å². The van der Waals surface area contributed by atoms with E-state index in [0.717, 1.165) is 6.04 Å². The number of aromatic nitrogens is 1. The maximum Gasteiger partial charge on any atom is 0.0483 e. The first-order chi connectivity index (χ1) is 7.55. The van der Waals surface area contributed by atoms with Gasteiger partial charge >= 0.3 is 0 Å². The third-order valence-electron chi connectivity index (χ3n) is 3.53. The van der Waals surface area contributed by atoms with Crippen molar-refractivity contribution in [1.29, 1.82) is 0 Å². The average Bonchev–Trinajstić information content (AvgIpc) is 2.96. The topological polar surface area (TPSA) is 4.93 Å². The van der Waals surface area contributed by atoms with Crippen LogP contribution in [0.25, 0.3) is 10.9 Å². The van der Waals surface area contributed by atoms with Crippen LogP contribution in [0, 0.1) is 0 Å². The Morgan fingerprint density at radius 1 is 1.12 bits per heavy atom. The van der Waals surface area contributed by atoms with E-state index < -0.39 is 0 Å². The number of hydrogen-bond acceptors (Lipinski definition) is 0. The zero-order chi connectivity index (χ0) is 11.3. The zero-order valence-electron chi connectivity index (χ0n) is 10.3. The normalized spacial score (nSPS) is 16.9. The molecule has 1 fully saturated rings. The fourth-order valence-corrected chi connectivity index (χ4v) is 2.30. The lowest BCUT2D eigenvalue weighted by Gasteiger charge is -2.19. The van der Waals surface area contributed by atoms with Gasteiger partial charge in [0.15, 0.2) is 0 Å². The van der Waals surface area contributed by atoms with Crippen LogP contribution in [0.2, 0.25) is 0 Å². The van der Waals surface area contributed by atoms with E-state index in [2.05, 4.69) is 55.8 Å². The van der Waals surface area contributed by atoms with Crippen molar-refractivity contribution in [3.8, 4) is 0 Å². The molecule has 1 saturated carbocycles. The van der Waals surface area contributed by atoms with Crippen LogP contribution in [0.5, 0.6) is 0 Å². The fourth-order valence-electron chi connectivity index (χ4n) is 2.30. The van der Waals surface area contributed by atoms with E-state index >= 15 is 0 Å². The van der Waals surface area contributed by atoms with Crippen molar-refractivity contribution in [2.45, 2.75) is 45.1 Å². The molecule has 1 aromatic carbocycles. The Bertz CT molecular complexity index is 524. The van der Waals surface area contributed by atoms with Gasteiger partial charge in [0.25, 0.3) is 0 Å². The van der Waals surface area contributed by atoms with Gasteiger partial charge in [0.05, 0.1) is 0 Å². The lowest BCUT2D eigenvalue weighted by Crippen LogP contribution is -2.10. The second-order valence-electron chi connectivity index (χ2n) is 5.98. The summed E-state index contributed by atoms with van der Waals surface area (Å²) in [7, 11) is 0. The summed E-state index contributed by atoms with van der Waals surface area (Å²) in [5, 5.41) is 1.39. The number of rotatable bonds is 1. The Morgan fingerprint density at radius 3 is 2.50 bits per heavy atom. The van der Waals surface area contributed by atoms with Crippen LogP contribution < -0.4 is 0 Å². The molecule has 2 aromatic rings. The highest BCUT2D eigenvalue weighted by Gasteiger charge is 2.24. The average molecular weight is 213 g/mol. The van der Waals surface area contributed by atoms with Crippen molar-refractivity contribution < 1.29 is 0 Å². The van der Waals surface area contributed by atoms with Crippen LogP contribution in [-0.2, 0) is 5.41 Å². The van der Waals surface area contributed by atoms with Gasteiger partial charge in [-0.3, -0.25) is 0 Å². The standard InChI is InChI=1S/C15H19N/c1-15(2,3)12-4-7-14-11(10-12)8-9-16(14)13-5-6-13/h4,7-10,13H,5-6H2,1-3H3. The molecule has 1 aliphatic rings. The van der Waals surface area contributed by atoms with Crippen LogP contribution in [0.1, 0.15) is 45.2 Å². The van der Waals surface area contributed by atoms with E-state index in [0.29, 0.717) is 0 Å². The van der Waals surface area contributed by atoms with E-state index in [1.807, 2.05) is 0 Å². The minimum Gasteiger partial charge on any atom is -0.344 e. The molecule has 1 aliphatic carbocycles. The van der Waals surface area contributed by atoms with Gasteiger partial charge in [0.2, 0.25) is 0 Å². The number of fused-ring (bicyclic) bond motifs is 1. The van der Waals surface area contributed by atoms with Crippen molar-refractivity contribution in [2.24, 2.45) is 0 Å². The summed E-state index contributed by atoms with van der Waals surface area (Å²) in [4.78, 5) is 0. The molecule has 0 unspecified atom stereocenters. The molecule has 0 radical (unpaired) electrons. The molecule has 0 saturated heterocycles. The quantitative estimate of drug-likeness (QED) is 0.666. The van der Waals surface area contributed by atoms with E-state index in [4.69, 9.17) is 0 Å². The summed E-state index contributed by atoms with van der Waals surface area (Å²) in [5.74, 6) is 0. The Hall–Kier alpha value is -1.24. The second kappa shape index (κ2) is 3.13. The van der Waals surface area contributed by atoms with E-state index in [1.165, 1.54) is 29.3 Å². The highest BCUT2D eigenvalue weighted by atomic mass is 15.0. The van der Waals surface area contributed by atoms with E-state index in [-0.39, 0.29) is 5.41 Å². The lowest BCUT2D eigenvalue weighted by atomic mass is 9.86. The van der Waals surface area contributed by atoms with Crippen molar-refractivity contribution in [2.75, 3.05) is 0 Å². The molecule has 0 N–H and O–H groups in total. The Morgan fingerprint density at radius 2 is 1.88 bits per heavy atom. The molecule has 1 heterocycles. The molecule has 0 aliphatic heterocycles. The molecular formula is C15H19N. The summed E-state index contributed by atoms with van der Waals surface area (Å²) in [6, 6.07) is 9.94. The largest absolute Gasteiger partial charge is 0.344 e. The highest BCUT2D eigenvalue weighted by Crippen LogP contribution is 2.38. The molecular weight excluding hydrogens is 194 g/mol. The second-order valence-corrected chi connectivity index (χ2v) is 5.98. The number of benzene rings is 1. The van der Waals surface area contributed by atoms with Crippen LogP contribution >= 0.6 is 0 Å².